The second-order valence-corrected chi connectivity index (χ2v) is 6.31. The first-order valence-electron chi connectivity index (χ1n) is 9.06. The van der Waals surface area contributed by atoms with Crippen LogP contribution in [0.4, 0.5) is 21.0 Å². The van der Waals surface area contributed by atoms with Gasteiger partial charge in [0.1, 0.15) is 11.6 Å². The van der Waals surface area contributed by atoms with E-state index in [1.165, 1.54) is 6.07 Å². The lowest BCUT2D eigenvalue weighted by Gasteiger charge is -2.34. The van der Waals surface area contributed by atoms with E-state index in [-0.39, 0.29) is 11.9 Å². The number of carbonyl (C=O) groups excluding carboxylic acids is 1. The standard InChI is InChI=1S/C19H24FN5O2/c1-3-27-19(26)25-10-8-24(9-11-25)18-22-14(2)12-17(23-18)21-13-15-6-4-5-7-16(15)20/h4-7,12H,3,8-11,13H2,1-2H3,(H,21,22,23). The van der Waals surface area contributed by atoms with E-state index in [0.717, 1.165) is 5.69 Å². The number of ether oxygens (including phenoxy) is 1. The van der Waals surface area contributed by atoms with Crippen molar-refractivity contribution in [1.29, 1.82) is 0 Å². The fraction of sp³-hybridized carbons (Fsp3) is 0.421. The van der Waals surface area contributed by atoms with Crippen molar-refractivity contribution in [3.8, 4) is 0 Å². The summed E-state index contributed by atoms with van der Waals surface area (Å²) in [6, 6.07) is 8.49. The highest BCUT2D eigenvalue weighted by Crippen LogP contribution is 2.17. The van der Waals surface area contributed by atoms with E-state index >= 15 is 0 Å². The molecule has 1 aliphatic rings. The molecule has 1 aromatic carbocycles. The Kier molecular flexibility index (Phi) is 6.05. The van der Waals surface area contributed by atoms with Gasteiger partial charge >= 0.3 is 6.09 Å². The molecule has 3 rings (SSSR count). The highest BCUT2D eigenvalue weighted by atomic mass is 19.1. The zero-order valence-corrected chi connectivity index (χ0v) is 15.6. The average Bonchev–Trinajstić information content (AvgIpc) is 2.67. The summed E-state index contributed by atoms with van der Waals surface area (Å²) >= 11 is 0. The van der Waals surface area contributed by atoms with Crippen molar-refractivity contribution >= 4 is 17.9 Å². The summed E-state index contributed by atoms with van der Waals surface area (Å²) < 4.78 is 18.8. The molecule has 0 unspecified atom stereocenters. The Balaban J connectivity index is 1.64. The predicted octanol–water partition coefficient (Wildman–Crippen LogP) is 2.81. The third kappa shape index (κ3) is 4.84. The smallest absolute Gasteiger partial charge is 0.409 e. The fourth-order valence-corrected chi connectivity index (χ4v) is 2.92. The molecule has 0 bridgehead atoms. The van der Waals surface area contributed by atoms with E-state index in [4.69, 9.17) is 4.74 Å². The van der Waals surface area contributed by atoms with Crippen molar-refractivity contribution < 1.29 is 13.9 Å². The number of aromatic nitrogens is 2. The number of hydrogen-bond donors (Lipinski definition) is 1. The Hall–Kier alpha value is -2.90. The number of nitrogens with zero attached hydrogens (tertiary/aromatic N) is 4. The molecule has 1 saturated heterocycles. The topological polar surface area (TPSA) is 70.6 Å². The molecule has 1 N–H and O–H groups in total. The van der Waals surface area contributed by atoms with Crippen LogP contribution in [0.15, 0.2) is 30.3 Å². The minimum Gasteiger partial charge on any atom is -0.450 e. The number of piperazine rings is 1. The summed E-state index contributed by atoms with van der Waals surface area (Å²) in [5, 5.41) is 3.16. The number of rotatable bonds is 5. The van der Waals surface area contributed by atoms with Crippen molar-refractivity contribution in [2.24, 2.45) is 0 Å². The van der Waals surface area contributed by atoms with Gasteiger partial charge in [0.05, 0.1) is 6.61 Å². The molecular weight excluding hydrogens is 349 g/mol. The molecule has 27 heavy (non-hydrogen) atoms. The second kappa shape index (κ2) is 8.66. The number of hydrogen-bond acceptors (Lipinski definition) is 6. The van der Waals surface area contributed by atoms with E-state index in [0.29, 0.717) is 56.7 Å². The molecule has 0 spiro atoms. The van der Waals surface area contributed by atoms with Crippen molar-refractivity contribution in [1.82, 2.24) is 14.9 Å². The Bertz CT molecular complexity index is 793. The summed E-state index contributed by atoms with van der Waals surface area (Å²) in [5.41, 5.74) is 1.40. The van der Waals surface area contributed by atoms with E-state index in [2.05, 4.69) is 15.3 Å². The first-order valence-corrected chi connectivity index (χ1v) is 9.06. The molecule has 0 saturated carbocycles. The van der Waals surface area contributed by atoms with Gasteiger partial charge in [-0.25, -0.2) is 14.2 Å². The number of carbonyl (C=O) groups is 1. The molecule has 1 aromatic heterocycles. The molecule has 2 heterocycles. The minimum absolute atomic E-state index is 0.244. The van der Waals surface area contributed by atoms with Crippen LogP contribution in [0, 0.1) is 12.7 Å². The Labute approximate surface area is 158 Å². The SMILES string of the molecule is CCOC(=O)N1CCN(c2nc(C)cc(NCc3ccccc3F)n2)CC1. The van der Waals surface area contributed by atoms with Gasteiger partial charge in [-0.2, -0.15) is 4.98 Å². The molecule has 1 amide bonds. The first kappa shape index (κ1) is 18.9. The maximum Gasteiger partial charge on any atom is 0.409 e. The molecule has 144 valence electrons. The van der Waals surface area contributed by atoms with Crippen LogP contribution in [-0.2, 0) is 11.3 Å². The van der Waals surface area contributed by atoms with Crippen LogP contribution in [0.1, 0.15) is 18.2 Å². The third-order valence-electron chi connectivity index (χ3n) is 4.35. The zero-order valence-electron chi connectivity index (χ0n) is 15.6. The van der Waals surface area contributed by atoms with Gasteiger partial charge in [0.2, 0.25) is 5.95 Å². The third-order valence-corrected chi connectivity index (χ3v) is 4.35. The van der Waals surface area contributed by atoms with E-state index in [9.17, 15) is 9.18 Å². The molecule has 0 aliphatic carbocycles. The van der Waals surface area contributed by atoms with Crippen molar-refractivity contribution in [3.05, 3.63) is 47.4 Å². The molecule has 0 radical (unpaired) electrons. The average molecular weight is 373 g/mol. The lowest BCUT2D eigenvalue weighted by atomic mass is 10.2. The number of halogens is 1. The van der Waals surface area contributed by atoms with Crippen LogP contribution in [0.25, 0.3) is 0 Å². The summed E-state index contributed by atoms with van der Waals surface area (Å²) in [5.74, 6) is 1.01. The Morgan fingerprint density at radius 1 is 1.22 bits per heavy atom. The van der Waals surface area contributed by atoms with Gasteiger partial charge in [0.25, 0.3) is 0 Å². The monoisotopic (exact) mass is 373 g/mol. The maximum atomic E-state index is 13.8. The molecule has 2 aromatic rings. The van der Waals surface area contributed by atoms with Gasteiger partial charge in [0.15, 0.2) is 0 Å². The van der Waals surface area contributed by atoms with Crippen LogP contribution in [0.3, 0.4) is 0 Å². The lowest BCUT2D eigenvalue weighted by Crippen LogP contribution is -2.49. The number of amides is 1. The summed E-state index contributed by atoms with van der Waals surface area (Å²) in [6.45, 7) is 6.81. The largest absolute Gasteiger partial charge is 0.450 e. The maximum absolute atomic E-state index is 13.8. The molecular formula is C19H24FN5O2. The normalized spacial score (nSPS) is 14.2. The quantitative estimate of drug-likeness (QED) is 0.869. The molecule has 8 heteroatoms. The first-order chi connectivity index (χ1) is 13.1. The molecule has 1 fully saturated rings. The molecule has 1 aliphatic heterocycles. The number of benzene rings is 1. The van der Waals surface area contributed by atoms with Gasteiger partial charge < -0.3 is 19.9 Å². The lowest BCUT2D eigenvalue weighted by molar-refractivity contribution is 0.105. The Morgan fingerprint density at radius 2 is 1.96 bits per heavy atom. The predicted molar refractivity (Wildman–Crippen MR) is 101 cm³/mol. The number of aryl methyl sites for hydroxylation is 1. The van der Waals surface area contributed by atoms with Crippen LogP contribution < -0.4 is 10.2 Å². The van der Waals surface area contributed by atoms with Gasteiger partial charge in [-0.3, -0.25) is 0 Å². The fourth-order valence-electron chi connectivity index (χ4n) is 2.92. The summed E-state index contributed by atoms with van der Waals surface area (Å²) in [6.07, 6.45) is -0.283. The van der Waals surface area contributed by atoms with Crippen molar-refractivity contribution in [2.45, 2.75) is 20.4 Å². The van der Waals surface area contributed by atoms with Crippen LogP contribution in [0.2, 0.25) is 0 Å². The van der Waals surface area contributed by atoms with Crippen LogP contribution in [-0.4, -0.2) is 53.7 Å². The summed E-state index contributed by atoms with van der Waals surface area (Å²) in [7, 11) is 0. The van der Waals surface area contributed by atoms with E-state index < -0.39 is 0 Å². The van der Waals surface area contributed by atoms with Gasteiger partial charge in [-0.1, -0.05) is 18.2 Å². The van der Waals surface area contributed by atoms with Crippen molar-refractivity contribution in [2.75, 3.05) is 43.0 Å². The van der Waals surface area contributed by atoms with Gasteiger partial charge in [-0.05, 0) is 19.9 Å². The zero-order chi connectivity index (χ0) is 19.2. The summed E-state index contributed by atoms with van der Waals surface area (Å²) in [4.78, 5) is 24.6. The highest BCUT2D eigenvalue weighted by molar-refractivity contribution is 5.68. The highest BCUT2D eigenvalue weighted by Gasteiger charge is 2.23. The number of nitrogens with one attached hydrogen (secondary N) is 1. The van der Waals surface area contributed by atoms with Gasteiger partial charge in [0, 0.05) is 50.0 Å². The minimum atomic E-state index is -0.283. The van der Waals surface area contributed by atoms with E-state index in [1.807, 2.05) is 17.9 Å². The van der Waals surface area contributed by atoms with Crippen LogP contribution >= 0.6 is 0 Å². The van der Waals surface area contributed by atoms with Gasteiger partial charge in [-0.15, -0.1) is 0 Å². The molecule has 7 nitrogen and oxygen atoms in total. The second-order valence-electron chi connectivity index (χ2n) is 6.31. The van der Waals surface area contributed by atoms with Crippen molar-refractivity contribution in [3.63, 3.8) is 0 Å². The molecule has 0 atom stereocenters. The van der Waals surface area contributed by atoms with E-state index in [1.54, 1.807) is 30.0 Å². The van der Waals surface area contributed by atoms with Crippen LogP contribution in [0.5, 0.6) is 0 Å². The number of anilines is 2. The Morgan fingerprint density at radius 3 is 2.67 bits per heavy atom.